The molecule has 0 spiro atoms. The third-order valence-corrected chi connectivity index (χ3v) is 6.54. The molecule has 4 rings (SSSR count). The highest BCUT2D eigenvalue weighted by Gasteiger charge is 2.39. The summed E-state index contributed by atoms with van der Waals surface area (Å²) in [5.41, 5.74) is 2.31. The summed E-state index contributed by atoms with van der Waals surface area (Å²) in [6, 6.07) is 11.8. The minimum atomic E-state index is -0.261. The number of hydrogen-bond donors (Lipinski definition) is 1. The Balaban J connectivity index is 1.40. The van der Waals surface area contributed by atoms with Crippen LogP contribution in [0.2, 0.25) is 0 Å². The van der Waals surface area contributed by atoms with E-state index < -0.39 is 0 Å². The smallest absolute Gasteiger partial charge is 0.227 e. The minimum Gasteiger partial charge on any atom is -0.355 e. The Labute approximate surface area is 158 Å². The lowest BCUT2D eigenvalue weighted by molar-refractivity contribution is -0.126. The molecule has 2 heterocycles. The van der Waals surface area contributed by atoms with Gasteiger partial charge in [0.05, 0.1) is 5.92 Å². The molecule has 1 aliphatic carbocycles. The summed E-state index contributed by atoms with van der Waals surface area (Å²) in [6.45, 7) is 1.15. The van der Waals surface area contributed by atoms with Crippen LogP contribution in [-0.2, 0) is 15.0 Å². The average Bonchev–Trinajstić information content (AvgIpc) is 3.41. The van der Waals surface area contributed by atoms with Gasteiger partial charge in [-0.2, -0.15) is 11.3 Å². The molecule has 1 saturated heterocycles. The van der Waals surface area contributed by atoms with Gasteiger partial charge in [0, 0.05) is 30.6 Å². The summed E-state index contributed by atoms with van der Waals surface area (Å²) in [5.74, 6) is -0.216. The molecule has 2 aliphatic rings. The molecule has 0 bridgehead atoms. The number of anilines is 1. The fraction of sp³-hybridized carbons (Fsp3) is 0.429. The number of carbonyl (C=O) groups is 2. The minimum absolute atomic E-state index is 0.0123. The van der Waals surface area contributed by atoms with Gasteiger partial charge in [0.15, 0.2) is 0 Å². The van der Waals surface area contributed by atoms with Crippen LogP contribution >= 0.6 is 11.3 Å². The summed E-state index contributed by atoms with van der Waals surface area (Å²) in [5, 5.41) is 7.51. The largest absolute Gasteiger partial charge is 0.355 e. The van der Waals surface area contributed by atoms with Crippen LogP contribution in [0.15, 0.2) is 47.2 Å². The molecule has 1 atom stereocenters. The van der Waals surface area contributed by atoms with E-state index in [0.29, 0.717) is 19.5 Å². The molecule has 2 amide bonds. The van der Waals surface area contributed by atoms with Crippen LogP contribution in [-0.4, -0.2) is 24.9 Å². The first-order valence-electron chi connectivity index (χ1n) is 9.34. The normalized spacial score (nSPS) is 21.9. The standard InChI is InChI=1S/C21H24N2O2S/c24-19-12-16(13-23(19)18-6-2-1-3-7-18)20(25)22-15-21(9-4-5-10-21)17-8-11-26-14-17/h1-3,6-8,11,14,16H,4-5,9-10,12-13,15H2,(H,22,25). The Morgan fingerprint density at radius 3 is 2.65 bits per heavy atom. The molecule has 2 aromatic rings. The molecular weight excluding hydrogens is 344 g/mol. The quantitative estimate of drug-likeness (QED) is 0.874. The van der Waals surface area contributed by atoms with Crippen molar-refractivity contribution in [1.82, 2.24) is 5.32 Å². The zero-order chi connectivity index (χ0) is 18.0. The van der Waals surface area contributed by atoms with E-state index in [1.54, 1.807) is 16.2 Å². The first-order valence-corrected chi connectivity index (χ1v) is 10.3. The van der Waals surface area contributed by atoms with Crippen LogP contribution < -0.4 is 10.2 Å². The maximum atomic E-state index is 12.7. The molecule has 5 heteroatoms. The first kappa shape index (κ1) is 17.3. The van der Waals surface area contributed by atoms with Crippen LogP contribution in [0.5, 0.6) is 0 Å². The Morgan fingerprint density at radius 2 is 1.96 bits per heavy atom. The van der Waals surface area contributed by atoms with Crippen molar-refractivity contribution < 1.29 is 9.59 Å². The fourth-order valence-corrected chi connectivity index (χ4v) is 5.11. The van der Waals surface area contributed by atoms with E-state index in [0.717, 1.165) is 18.5 Å². The fourth-order valence-electron chi connectivity index (χ4n) is 4.33. The molecule has 1 aromatic carbocycles. The third-order valence-electron chi connectivity index (χ3n) is 5.86. The summed E-state index contributed by atoms with van der Waals surface area (Å²) >= 11 is 1.72. The maximum Gasteiger partial charge on any atom is 0.227 e. The van der Waals surface area contributed by atoms with Gasteiger partial charge in [-0.15, -0.1) is 0 Å². The third kappa shape index (κ3) is 3.28. The molecule has 1 saturated carbocycles. The van der Waals surface area contributed by atoms with Gasteiger partial charge < -0.3 is 10.2 Å². The van der Waals surface area contributed by atoms with Gasteiger partial charge in [-0.3, -0.25) is 9.59 Å². The average molecular weight is 369 g/mol. The first-order chi connectivity index (χ1) is 12.7. The highest BCUT2D eigenvalue weighted by atomic mass is 32.1. The molecule has 1 aromatic heterocycles. The molecule has 136 valence electrons. The number of carbonyl (C=O) groups excluding carboxylic acids is 2. The molecular formula is C21H24N2O2S. The van der Waals surface area contributed by atoms with E-state index in [-0.39, 0.29) is 23.1 Å². The second kappa shape index (κ2) is 7.23. The Morgan fingerprint density at radius 1 is 1.19 bits per heavy atom. The van der Waals surface area contributed by atoms with Crippen LogP contribution in [0.25, 0.3) is 0 Å². The van der Waals surface area contributed by atoms with E-state index in [2.05, 4.69) is 22.1 Å². The summed E-state index contributed by atoms with van der Waals surface area (Å²) in [6.07, 6.45) is 4.99. The van der Waals surface area contributed by atoms with Crippen LogP contribution in [0, 0.1) is 5.92 Å². The van der Waals surface area contributed by atoms with Crippen molar-refractivity contribution in [3.05, 3.63) is 52.7 Å². The number of thiophene rings is 1. The lowest BCUT2D eigenvalue weighted by Gasteiger charge is -2.29. The highest BCUT2D eigenvalue weighted by molar-refractivity contribution is 7.08. The Bertz CT molecular complexity index is 767. The zero-order valence-corrected chi connectivity index (χ0v) is 15.6. The number of benzene rings is 1. The molecule has 1 N–H and O–H groups in total. The molecule has 0 radical (unpaired) electrons. The highest BCUT2D eigenvalue weighted by Crippen LogP contribution is 2.41. The molecule has 1 aliphatic heterocycles. The summed E-state index contributed by atoms with van der Waals surface area (Å²) < 4.78 is 0. The van der Waals surface area contributed by atoms with Gasteiger partial charge in [-0.1, -0.05) is 31.0 Å². The van der Waals surface area contributed by atoms with Crippen LogP contribution in [0.3, 0.4) is 0 Å². The lowest BCUT2D eigenvalue weighted by Crippen LogP contribution is -2.42. The topological polar surface area (TPSA) is 49.4 Å². The summed E-state index contributed by atoms with van der Waals surface area (Å²) in [7, 11) is 0. The monoisotopic (exact) mass is 368 g/mol. The van der Waals surface area contributed by atoms with Crippen molar-refractivity contribution in [2.24, 2.45) is 5.92 Å². The van der Waals surface area contributed by atoms with Crippen molar-refractivity contribution >= 4 is 28.8 Å². The SMILES string of the molecule is O=C(NCC1(c2ccsc2)CCCC1)C1CC(=O)N(c2ccccc2)C1. The molecule has 4 nitrogen and oxygen atoms in total. The van der Waals surface area contributed by atoms with Crippen molar-refractivity contribution in [2.75, 3.05) is 18.0 Å². The van der Waals surface area contributed by atoms with Gasteiger partial charge in [0.25, 0.3) is 0 Å². The number of amides is 2. The number of nitrogens with one attached hydrogen (secondary N) is 1. The zero-order valence-electron chi connectivity index (χ0n) is 14.8. The number of rotatable bonds is 5. The maximum absolute atomic E-state index is 12.7. The van der Waals surface area contributed by atoms with Crippen molar-refractivity contribution in [3.63, 3.8) is 0 Å². The second-order valence-electron chi connectivity index (χ2n) is 7.46. The van der Waals surface area contributed by atoms with Crippen LogP contribution in [0.4, 0.5) is 5.69 Å². The second-order valence-corrected chi connectivity index (χ2v) is 8.24. The number of para-hydroxylation sites is 1. The van der Waals surface area contributed by atoms with Crippen LogP contribution in [0.1, 0.15) is 37.7 Å². The Kier molecular flexibility index (Phi) is 4.81. The van der Waals surface area contributed by atoms with Gasteiger partial charge in [0.1, 0.15) is 0 Å². The van der Waals surface area contributed by atoms with Crippen molar-refractivity contribution in [1.29, 1.82) is 0 Å². The van der Waals surface area contributed by atoms with Crippen molar-refractivity contribution in [2.45, 2.75) is 37.5 Å². The van der Waals surface area contributed by atoms with Gasteiger partial charge in [0.2, 0.25) is 11.8 Å². The predicted octanol–water partition coefficient (Wildman–Crippen LogP) is 3.73. The molecule has 1 unspecified atom stereocenters. The van der Waals surface area contributed by atoms with Gasteiger partial charge >= 0.3 is 0 Å². The van der Waals surface area contributed by atoms with Gasteiger partial charge in [-0.25, -0.2) is 0 Å². The predicted molar refractivity (Wildman–Crippen MR) is 104 cm³/mol. The Hall–Kier alpha value is -2.14. The van der Waals surface area contributed by atoms with Crippen molar-refractivity contribution in [3.8, 4) is 0 Å². The summed E-state index contributed by atoms with van der Waals surface area (Å²) in [4.78, 5) is 26.8. The molecule has 2 fully saturated rings. The van der Waals surface area contributed by atoms with E-state index >= 15 is 0 Å². The van der Waals surface area contributed by atoms with E-state index in [1.807, 2.05) is 30.3 Å². The lowest BCUT2D eigenvalue weighted by atomic mass is 9.80. The van der Waals surface area contributed by atoms with Gasteiger partial charge in [-0.05, 0) is 47.4 Å². The van der Waals surface area contributed by atoms with E-state index in [9.17, 15) is 9.59 Å². The van der Waals surface area contributed by atoms with E-state index in [4.69, 9.17) is 0 Å². The molecule has 26 heavy (non-hydrogen) atoms. The number of nitrogens with zero attached hydrogens (tertiary/aromatic N) is 1. The number of hydrogen-bond acceptors (Lipinski definition) is 3. The van der Waals surface area contributed by atoms with E-state index in [1.165, 1.54) is 18.4 Å².